The fraction of sp³-hybridized carbons (Fsp3) is 1.00. The highest BCUT2D eigenvalue weighted by Crippen LogP contribution is 2.40. The lowest BCUT2D eigenvalue weighted by Crippen LogP contribution is -2.57. The third-order valence-electron chi connectivity index (χ3n) is 5.52. The van der Waals surface area contributed by atoms with Crippen molar-refractivity contribution in [2.45, 2.75) is 58.5 Å². The SMILES string of the molecule is CC1CCCC(CO)(CN2CC(C)N(C)C(C)C2)C1. The predicted octanol–water partition coefficient (Wildman–Crippen LogP) is 2.20. The van der Waals surface area contributed by atoms with E-state index in [4.69, 9.17) is 0 Å². The number of rotatable bonds is 3. The van der Waals surface area contributed by atoms with Crippen LogP contribution in [0.2, 0.25) is 0 Å². The quantitative estimate of drug-likeness (QED) is 0.850. The van der Waals surface area contributed by atoms with Gasteiger partial charge in [-0.1, -0.05) is 19.8 Å². The summed E-state index contributed by atoms with van der Waals surface area (Å²) in [6, 6.07) is 1.25. The van der Waals surface area contributed by atoms with Crippen molar-refractivity contribution in [2.24, 2.45) is 11.3 Å². The Bertz CT molecular complexity index is 284. The summed E-state index contributed by atoms with van der Waals surface area (Å²) in [5.74, 6) is 0.781. The molecule has 0 aromatic rings. The molecule has 19 heavy (non-hydrogen) atoms. The first-order chi connectivity index (χ1) is 8.96. The van der Waals surface area contributed by atoms with Crippen LogP contribution in [-0.2, 0) is 0 Å². The molecule has 3 heteroatoms. The Balaban J connectivity index is 1.98. The summed E-state index contributed by atoms with van der Waals surface area (Å²) in [7, 11) is 2.23. The molecule has 2 aliphatic rings. The van der Waals surface area contributed by atoms with Crippen LogP contribution in [0.25, 0.3) is 0 Å². The highest BCUT2D eigenvalue weighted by Gasteiger charge is 2.38. The molecule has 112 valence electrons. The van der Waals surface area contributed by atoms with Gasteiger partial charge in [-0.25, -0.2) is 0 Å². The molecule has 1 saturated carbocycles. The topological polar surface area (TPSA) is 26.7 Å². The highest BCUT2D eigenvalue weighted by atomic mass is 16.3. The van der Waals surface area contributed by atoms with Crippen LogP contribution in [0.5, 0.6) is 0 Å². The van der Waals surface area contributed by atoms with E-state index in [-0.39, 0.29) is 5.41 Å². The van der Waals surface area contributed by atoms with Gasteiger partial charge in [-0.3, -0.25) is 9.80 Å². The van der Waals surface area contributed by atoms with Gasteiger partial charge in [-0.15, -0.1) is 0 Å². The number of likely N-dealkylation sites (N-methyl/N-ethyl adjacent to an activating group) is 1. The number of hydrogen-bond donors (Lipinski definition) is 1. The Hall–Kier alpha value is -0.120. The van der Waals surface area contributed by atoms with E-state index in [1.54, 1.807) is 0 Å². The summed E-state index contributed by atoms with van der Waals surface area (Å²) >= 11 is 0. The summed E-state index contributed by atoms with van der Waals surface area (Å²) in [5.41, 5.74) is 0.174. The summed E-state index contributed by atoms with van der Waals surface area (Å²) in [5, 5.41) is 9.94. The molecule has 1 saturated heterocycles. The fourth-order valence-corrected chi connectivity index (χ4v) is 4.22. The van der Waals surface area contributed by atoms with Crippen molar-refractivity contribution >= 4 is 0 Å². The van der Waals surface area contributed by atoms with Crippen molar-refractivity contribution in [3.05, 3.63) is 0 Å². The van der Waals surface area contributed by atoms with Gasteiger partial charge in [-0.2, -0.15) is 0 Å². The molecule has 4 atom stereocenters. The van der Waals surface area contributed by atoms with E-state index in [0.717, 1.165) is 25.6 Å². The third kappa shape index (κ3) is 3.50. The van der Waals surface area contributed by atoms with Gasteiger partial charge in [-0.05, 0) is 39.7 Å². The van der Waals surface area contributed by atoms with Gasteiger partial charge >= 0.3 is 0 Å². The minimum absolute atomic E-state index is 0.174. The first-order valence-electron chi connectivity index (χ1n) is 8.01. The van der Waals surface area contributed by atoms with E-state index in [1.807, 2.05) is 0 Å². The van der Waals surface area contributed by atoms with Crippen LogP contribution in [-0.4, -0.2) is 60.3 Å². The standard InChI is InChI=1S/C16H32N2O/c1-13-6-5-7-16(8-13,12-19)11-18-9-14(2)17(4)15(3)10-18/h13-15,19H,5-12H2,1-4H3. The van der Waals surface area contributed by atoms with E-state index >= 15 is 0 Å². The summed E-state index contributed by atoms with van der Waals surface area (Å²) < 4.78 is 0. The molecular weight excluding hydrogens is 236 g/mol. The van der Waals surface area contributed by atoms with Crippen molar-refractivity contribution in [3.8, 4) is 0 Å². The van der Waals surface area contributed by atoms with Gasteiger partial charge in [0.05, 0.1) is 0 Å². The first kappa shape index (κ1) is 15.3. The second-order valence-corrected chi connectivity index (χ2v) is 7.42. The number of piperazine rings is 1. The molecule has 0 aromatic carbocycles. The Morgan fingerprint density at radius 3 is 2.32 bits per heavy atom. The van der Waals surface area contributed by atoms with Gasteiger partial charge in [0.1, 0.15) is 0 Å². The van der Waals surface area contributed by atoms with Crippen molar-refractivity contribution in [3.63, 3.8) is 0 Å². The van der Waals surface area contributed by atoms with Gasteiger partial charge < -0.3 is 5.11 Å². The van der Waals surface area contributed by atoms with Crippen LogP contribution in [0.15, 0.2) is 0 Å². The van der Waals surface area contributed by atoms with Crippen LogP contribution in [0.3, 0.4) is 0 Å². The van der Waals surface area contributed by atoms with Gasteiger partial charge in [0, 0.05) is 43.7 Å². The van der Waals surface area contributed by atoms with Crippen LogP contribution < -0.4 is 0 Å². The predicted molar refractivity (Wildman–Crippen MR) is 80.3 cm³/mol. The molecule has 1 aliphatic heterocycles. The minimum Gasteiger partial charge on any atom is -0.396 e. The first-order valence-corrected chi connectivity index (χ1v) is 8.01. The van der Waals surface area contributed by atoms with Crippen LogP contribution in [0, 0.1) is 11.3 Å². The number of aliphatic hydroxyl groups excluding tert-OH is 1. The van der Waals surface area contributed by atoms with E-state index in [1.165, 1.54) is 25.7 Å². The minimum atomic E-state index is 0.174. The smallest absolute Gasteiger partial charge is 0.0499 e. The van der Waals surface area contributed by atoms with Crippen molar-refractivity contribution in [2.75, 3.05) is 33.3 Å². The van der Waals surface area contributed by atoms with Gasteiger partial charge in [0.25, 0.3) is 0 Å². The average Bonchev–Trinajstić information content (AvgIpc) is 2.36. The van der Waals surface area contributed by atoms with E-state index in [2.05, 4.69) is 37.6 Å². The third-order valence-corrected chi connectivity index (χ3v) is 5.52. The zero-order chi connectivity index (χ0) is 14.0. The number of nitrogens with zero attached hydrogens (tertiary/aromatic N) is 2. The highest BCUT2D eigenvalue weighted by molar-refractivity contribution is 4.91. The van der Waals surface area contributed by atoms with Crippen molar-refractivity contribution in [1.29, 1.82) is 0 Å². The Morgan fingerprint density at radius 2 is 1.79 bits per heavy atom. The molecule has 4 unspecified atom stereocenters. The molecule has 0 amide bonds. The Labute approximate surface area is 119 Å². The molecule has 0 bridgehead atoms. The van der Waals surface area contributed by atoms with Crippen molar-refractivity contribution < 1.29 is 5.11 Å². The maximum atomic E-state index is 9.94. The fourth-order valence-electron chi connectivity index (χ4n) is 4.22. The molecule has 2 fully saturated rings. The second-order valence-electron chi connectivity index (χ2n) is 7.42. The molecule has 2 rings (SSSR count). The molecule has 0 spiro atoms. The van der Waals surface area contributed by atoms with Crippen LogP contribution in [0.1, 0.15) is 46.5 Å². The largest absolute Gasteiger partial charge is 0.396 e. The van der Waals surface area contributed by atoms with Crippen molar-refractivity contribution in [1.82, 2.24) is 9.80 Å². The molecule has 3 nitrogen and oxygen atoms in total. The van der Waals surface area contributed by atoms with E-state index in [9.17, 15) is 5.11 Å². The van der Waals surface area contributed by atoms with E-state index in [0.29, 0.717) is 18.7 Å². The summed E-state index contributed by atoms with van der Waals surface area (Å²) in [4.78, 5) is 5.08. The van der Waals surface area contributed by atoms with E-state index < -0.39 is 0 Å². The Morgan fingerprint density at radius 1 is 1.16 bits per heavy atom. The lowest BCUT2D eigenvalue weighted by atomic mass is 9.70. The lowest BCUT2D eigenvalue weighted by molar-refractivity contribution is -0.0128. The normalized spacial score (nSPS) is 42.5. The van der Waals surface area contributed by atoms with Crippen LogP contribution >= 0.6 is 0 Å². The summed E-state index contributed by atoms with van der Waals surface area (Å²) in [6.07, 6.45) is 5.05. The second kappa shape index (κ2) is 6.11. The molecule has 0 radical (unpaired) electrons. The number of hydrogen-bond acceptors (Lipinski definition) is 3. The average molecular weight is 268 g/mol. The molecule has 1 aliphatic carbocycles. The zero-order valence-electron chi connectivity index (χ0n) is 13.2. The molecular formula is C16H32N2O. The summed E-state index contributed by atoms with van der Waals surface area (Å²) in [6.45, 7) is 10.7. The lowest BCUT2D eigenvalue weighted by Gasteiger charge is -2.47. The molecule has 1 N–H and O–H groups in total. The monoisotopic (exact) mass is 268 g/mol. The number of aliphatic hydroxyl groups is 1. The maximum Gasteiger partial charge on any atom is 0.0499 e. The van der Waals surface area contributed by atoms with Gasteiger partial charge in [0.2, 0.25) is 0 Å². The molecule has 0 aromatic heterocycles. The Kier molecular flexibility index (Phi) is 4.91. The van der Waals surface area contributed by atoms with Gasteiger partial charge in [0.15, 0.2) is 0 Å². The zero-order valence-corrected chi connectivity index (χ0v) is 13.2. The molecule has 1 heterocycles. The maximum absolute atomic E-state index is 9.94. The van der Waals surface area contributed by atoms with Crippen LogP contribution in [0.4, 0.5) is 0 Å².